The molecule has 0 unspecified atom stereocenters. The number of halogens is 1. The van der Waals surface area contributed by atoms with E-state index >= 15 is 0 Å². The van der Waals surface area contributed by atoms with E-state index in [0.29, 0.717) is 22.8 Å². The summed E-state index contributed by atoms with van der Waals surface area (Å²) >= 11 is 5.83. The van der Waals surface area contributed by atoms with Crippen LogP contribution in [0.3, 0.4) is 0 Å². The third-order valence-electron chi connectivity index (χ3n) is 7.17. The quantitative estimate of drug-likeness (QED) is 0.559. The molecule has 5 rings (SSSR count). The SMILES string of the molecule is CC(C)[C@H](NS(=O)(=O)c1ccc(Cl)cc1)C(=O)NNC(=O)C12CC3CC(CC(C3)C1)C2. The molecule has 4 saturated carbocycles. The largest absolute Gasteiger partial charge is 0.273 e. The number of sulfonamides is 1. The lowest BCUT2D eigenvalue weighted by atomic mass is 9.49. The number of benzene rings is 1. The third-order valence-corrected chi connectivity index (χ3v) is 8.88. The summed E-state index contributed by atoms with van der Waals surface area (Å²) in [6, 6.07) is 4.69. The predicted octanol–water partition coefficient (Wildman–Crippen LogP) is 3.01. The van der Waals surface area contributed by atoms with Gasteiger partial charge in [-0.15, -0.1) is 0 Å². The molecule has 0 spiro atoms. The zero-order valence-corrected chi connectivity index (χ0v) is 19.4. The summed E-state index contributed by atoms with van der Waals surface area (Å²) in [5.74, 6) is 0.805. The van der Waals surface area contributed by atoms with Crippen LogP contribution in [0.25, 0.3) is 0 Å². The first-order valence-electron chi connectivity index (χ1n) is 11.0. The molecular formula is C22H30ClN3O4S. The summed E-state index contributed by atoms with van der Waals surface area (Å²) in [5, 5.41) is 0.421. The topological polar surface area (TPSA) is 104 Å². The highest BCUT2D eigenvalue weighted by molar-refractivity contribution is 7.89. The highest BCUT2D eigenvalue weighted by atomic mass is 35.5. The molecule has 4 aliphatic rings. The Morgan fingerprint density at radius 1 is 0.968 bits per heavy atom. The van der Waals surface area contributed by atoms with Gasteiger partial charge in [-0.3, -0.25) is 20.4 Å². The smallest absolute Gasteiger partial charge is 0.256 e. The zero-order chi connectivity index (χ0) is 22.4. The number of carbonyl (C=O) groups excluding carboxylic acids is 2. The average Bonchev–Trinajstić information content (AvgIpc) is 2.69. The molecule has 0 saturated heterocycles. The lowest BCUT2D eigenvalue weighted by molar-refractivity contribution is -0.149. The first-order chi connectivity index (χ1) is 14.6. The number of hydrazine groups is 1. The van der Waals surface area contributed by atoms with Crippen molar-refractivity contribution in [2.24, 2.45) is 29.1 Å². The second-order valence-corrected chi connectivity index (χ2v) is 12.1. The summed E-state index contributed by atoms with van der Waals surface area (Å²) in [4.78, 5) is 25.9. The number of carbonyl (C=O) groups is 2. The van der Waals surface area contributed by atoms with Gasteiger partial charge in [-0.05, 0) is 86.5 Å². The maximum atomic E-state index is 13.1. The fourth-order valence-corrected chi connectivity index (χ4v) is 7.53. The molecule has 3 N–H and O–H groups in total. The van der Waals surface area contributed by atoms with E-state index in [1.807, 2.05) is 0 Å². The van der Waals surface area contributed by atoms with Crippen LogP contribution in [-0.2, 0) is 19.6 Å². The second kappa shape index (κ2) is 8.37. The molecule has 0 aliphatic heterocycles. The van der Waals surface area contributed by atoms with Crippen LogP contribution in [0, 0.1) is 29.1 Å². The average molecular weight is 468 g/mol. The summed E-state index contributed by atoms with van der Waals surface area (Å²) in [6.45, 7) is 3.49. The van der Waals surface area contributed by atoms with Crippen LogP contribution in [0.2, 0.25) is 5.02 Å². The summed E-state index contributed by atoms with van der Waals surface area (Å²) < 4.78 is 27.9. The number of rotatable bonds is 6. The maximum absolute atomic E-state index is 13.1. The standard InChI is InChI=1S/C22H30ClN3O4S/c1-13(2)19(26-31(29,30)18-5-3-17(23)4-6-18)20(27)24-25-21(28)22-10-14-7-15(11-22)9-16(8-14)12-22/h3-6,13-16,19,26H,7-12H2,1-2H3,(H,24,27)(H,25,28)/t14?,15?,16?,19-,22?/m0/s1. The summed E-state index contributed by atoms with van der Waals surface area (Å²) in [6.07, 6.45) is 6.33. The van der Waals surface area contributed by atoms with E-state index in [1.165, 1.54) is 43.5 Å². The first-order valence-corrected chi connectivity index (χ1v) is 12.8. The lowest BCUT2D eigenvalue weighted by Crippen LogP contribution is -2.59. The van der Waals surface area contributed by atoms with Gasteiger partial charge in [-0.25, -0.2) is 8.42 Å². The van der Waals surface area contributed by atoms with E-state index in [-0.39, 0.29) is 16.7 Å². The molecule has 0 aromatic heterocycles. The maximum Gasteiger partial charge on any atom is 0.256 e. The van der Waals surface area contributed by atoms with Gasteiger partial charge in [0.15, 0.2) is 0 Å². The fourth-order valence-electron chi connectivity index (χ4n) is 6.06. The van der Waals surface area contributed by atoms with Crippen molar-refractivity contribution in [3.8, 4) is 0 Å². The van der Waals surface area contributed by atoms with Gasteiger partial charge in [0.05, 0.1) is 10.3 Å². The molecule has 4 aliphatic carbocycles. The number of hydrogen-bond donors (Lipinski definition) is 3. The zero-order valence-electron chi connectivity index (χ0n) is 17.9. The Labute approximate surface area is 188 Å². The van der Waals surface area contributed by atoms with E-state index < -0.39 is 27.4 Å². The van der Waals surface area contributed by atoms with Crippen molar-refractivity contribution in [1.29, 1.82) is 0 Å². The van der Waals surface area contributed by atoms with Gasteiger partial charge in [0.2, 0.25) is 15.9 Å². The minimum atomic E-state index is -3.92. The second-order valence-electron chi connectivity index (χ2n) is 9.94. The molecule has 4 bridgehead atoms. The lowest BCUT2D eigenvalue weighted by Gasteiger charge is -2.55. The van der Waals surface area contributed by atoms with Gasteiger partial charge in [-0.1, -0.05) is 25.4 Å². The monoisotopic (exact) mass is 467 g/mol. The number of amides is 2. The van der Waals surface area contributed by atoms with Crippen LogP contribution in [0.5, 0.6) is 0 Å². The van der Waals surface area contributed by atoms with Crippen molar-refractivity contribution in [3.05, 3.63) is 29.3 Å². The molecule has 0 heterocycles. The predicted molar refractivity (Wildman–Crippen MR) is 117 cm³/mol. The van der Waals surface area contributed by atoms with E-state index in [1.54, 1.807) is 13.8 Å². The van der Waals surface area contributed by atoms with Gasteiger partial charge < -0.3 is 0 Å². The van der Waals surface area contributed by atoms with Crippen molar-refractivity contribution in [2.75, 3.05) is 0 Å². The minimum absolute atomic E-state index is 0.0213. The molecule has 170 valence electrons. The molecule has 31 heavy (non-hydrogen) atoms. The summed E-state index contributed by atoms with van der Waals surface area (Å²) in [5.41, 5.74) is 4.71. The molecule has 9 heteroatoms. The van der Waals surface area contributed by atoms with Crippen molar-refractivity contribution in [2.45, 2.75) is 63.3 Å². The van der Waals surface area contributed by atoms with Crippen molar-refractivity contribution in [3.63, 3.8) is 0 Å². The Kier molecular flexibility index (Phi) is 6.09. The molecule has 0 radical (unpaired) electrons. The van der Waals surface area contributed by atoms with Crippen LogP contribution >= 0.6 is 11.6 Å². The van der Waals surface area contributed by atoms with Crippen molar-refractivity contribution < 1.29 is 18.0 Å². The molecule has 1 aromatic rings. The molecule has 1 atom stereocenters. The van der Waals surface area contributed by atoms with E-state index in [2.05, 4.69) is 15.6 Å². The molecule has 1 aromatic carbocycles. The van der Waals surface area contributed by atoms with Gasteiger partial charge >= 0.3 is 0 Å². The van der Waals surface area contributed by atoms with E-state index in [4.69, 9.17) is 11.6 Å². The Bertz CT molecular complexity index is 926. The fraction of sp³-hybridized carbons (Fsp3) is 0.636. The molecule has 7 nitrogen and oxygen atoms in total. The minimum Gasteiger partial charge on any atom is -0.273 e. The molecular weight excluding hydrogens is 438 g/mol. The van der Waals surface area contributed by atoms with Crippen molar-refractivity contribution in [1.82, 2.24) is 15.6 Å². The van der Waals surface area contributed by atoms with Crippen LogP contribution in [0.1, 0.15) is 52.4 Å². The van der Waals surface area contributed by atoms with Gasteiger partial charge in [-0.2, -0.15) is 4.72 Å². The Morgan fingerprint density at radius 3 is 1.97 bits per heavy atom. The Balaban J connectivity index is 1.40. The molecule has 4 fully saturated rings. The van der Waals surface area contributed by atoms with Gasteiger partial charge in [0.25, 0.3) is 5.91 Å². The Hall–Kier alpha value is -1.64. The van der Waals surface area contributed by atoms with Crippen LogP contribution in [0.4, 0.5) is 0 Å². The summed E-state index contributed by atoms with van der Waals surface area (Å²) in [7, 11) is -3.92. The molecule has 2 amide bonds. The van der Waals surface area contributed by atoms with Crippen LogP contribution in [-0.4, -0.2) is 26.3 Å². The van der Waals surface area contributed by atoms with Crippen molar-refractivity contribution >= 4 is 33.4 Å². The van der Waals surface area contributed by atoms with E-state index in [9.17, 15) is 18.0 Å². The number of hydrogen-bond acceptors (Lipinski definition) is 4. The van der Waals surface area contributed by atoms with E-state index in [0.717, 1.165) is 19.3 Å². The van der Waals surface area contributed by atoms with Crippen LogP contribution < -0.4 is 15.6 Å². The highest BCUT2D eigenvalue weighted by Gasteiger charge is 2.54. The normalized spacial score (nSPS) is 30.3. The Morgan fingerprint density at radius 2 is 1.48 bits per heavy atom. The highest BCUT2D eigenvalue weighted by Crippen LogP contribution is 2.60. The van der Waals surface area contributed by atoms with Gasteiger partial charge in [0, 0.05) is 5.02 Å². The van der Waals surface area contributed by atoms with Crippen LogP contribution in [0.15, 0.2) is 29.2 Å². The number of nitrogens with one attached hydrogen (secondary N) is 3. The van der Waals surface area contributed by atoms with Gasteiger partial charge in [0.1, 0.15) is 6.04 Å². The first kappa shape index (κ1) is 22.6. The third kappa shape index (κ3) is 4.61.